The molecule has 0 bridgehead atoms. The van der Waals surface area contributed by atoms with Gasteiger partial charge in [-0.15, -0.1) is 0 Å². The number of amides is 1. The molecule has 3 N–H and O–H groups in total. The molecule has 1 aromatic rings. The molecule has 6 nitrogen and oxygen atoms in total. The van der Waals surface area contributed by atoms with Crippen LogP contribution < -0.4 is 10.1 Å². The van der Waals surface area contributed by atoms with Crippen LogP contribution in [0.25, 0.3) is 0 Å². The first-order valence-corrected chi connectivity index (χ1v) is 6.38. The van der Waals surface area contributed by atoms with Crippen LogP contribution in [0.15, 0.2) is 24.3 Å². The van der Waals surface area contributed by atoms with Gasteiger partial charge >= 0.3 is 5.97 Å². The molecule has 1 unspecified atom stereocenters. The quantitative estimate of drug-likeness (QED) is 0.664. The summed E-state index contributed by atoms with van der Waals surface area (Å²) in [7, 11) is 0. The van der Waals surface area contributed by atoms with Crippen LogP contribution in [0.5, 0.6) is 5.75 Å². The van der Waals surface area contributed by atoms with Crippen molar-refractivity contribution in [2.45, 2.75) is 25.4 Å². The second-order valence-corrected chi connectivity index (χ2v) is 4.90. The number of hydrogen-bond acceptors (Lipinski definition) is 4. The molecule has 0 aliphatic heterocycles. The van der Waals surface area contributed by atoms with Crippen molar-refractivity contribution in [2.75, 3.05) is 13.2 Å². The smallest absolute Gasteiger partial charge is 0.306 e. The number of carboxylic acid groups (broad SMARTS) is 1. The summed E-state index contributed by atoms with van der Waals surface area (Å²) in [5.41, 5.74) is -1.51. The molecule has 0 aliphatic rings. The van der Waals surface area contributed by atoms with Crippen molar-refractivity contribution < 1.29 is 28.9 Å². The lowest BCUT2D eigenvalue weighted by Gasteiger charge is -2.21. The van der Waals surface area contributed by atoms with Crippen molar-refractivity contribution in [3.8, 4) is 5.75 Å². The summed E-state index contributed by atoms with van der Waals surface area (Å²) in [6.45, 7) is 1.21. The van der Waals surface area contributed by atoms with E-state index in [1.807, 2.05) is 0 Å². The van der Waals surface area contributed by atoms with E-state index in [0.29, 0.717) is 5.75 Å². The molecule has 0 fully saturated rings. The van der Waals surface area contributed by atoms with Gasteiger partial charge in [0.2, 0.25) is 5.91 Å². The van der Waals surface area contributed by atoms with Gasteiger partial charge in [-0.05, 0) is 19.1 Å². The number of hydrogen-bond donors (Lipinski definition) is 3. The average Bonchev–Trinajstić information content (AvgIpc) is 2.35. The van der Waals surface area contributed by atoms with Gasteiger partial charge in [0.05, 0.1) is 25.0 Å². The molecule has 0 aromatic heterocycles. The van der Waals surface area contributed by atoms with Crippen LogP contribution in [0, 0.1) is 5.82 Å². The van der Waals surface area contributed by atoms with E-state index in [2.05, 4.69) is 5.32 Å². The fourth-order valence-electron chi connectivity index (χ4n) is 1.58. The molecule has 0 heterocycles. The first-order chi connectivity index (χ1) is 9.78. The lowest BCUT2D eigenvalue weighted by molar-refractivity contribution is -0.142. The van der Waals surface area contributed by atoms with E-state index in [-0.39, 0.29) is 19.6 Å². The zero-order valence-electron chi connectivity index (χ0n) is 11.6. The predicted molar refractivity (Wildman–Crippen MR) is 72.4 cm³/mol. The summed E-state index contributed by atoms with van der Waals surface area (Å²) in [5.74, 6) is -1.65. The number of benzene rings is 1. The van der Waals surface area contributed by atoms with E-state index >= 15 is 0 Å². The minimum atomic E-state index is -1.51. The van der Waals surface area contributed by atoms with Crippen molar-refractivity contribution in [1.82, 2.24) is 5.32 Å². The third-order valence-corrected chi connectivity index (χ3v) is 2.59. The van der Waals surface area contributed by atoms with Gasteiger partial charge in [-0.2, -0.15) is 0 Å². The van der Waals surface area contributed by atoms with Crippen molar-refractivity contribution in [3.63, 3.8) is 0 Å². The number of aliphatic carboxylic acids is 1. The Hall–Kier alpha value is -2.15. The van der Waals surface area contributed by atoms with Crippen LogP contribution in [0.2, 0.25) is 0 Å². The van der Waals surface area contributed by atoms with Gasteiger partial charge in [0.25, 0.3) is 0 Å². The molecule has 0 aliphatic carbocycles. The van der Waals surface area contributed by atoms with E-state index in [9.17, 15) is 19.1 Å². The summed E-state index contributed by atoms with van der Waals surface area (Å²) in [6, 6.07) is 5.55. The highest BCUT2D eigenvalue weighted by atomic mass is 19.1. The zero-order chi connectivity index (χ0) is 15.9. The highest BCUT2D eigenvalue weighted by Gasteiger charge is 2.24. The second kappa shape index (κ2) is 7.58. The molecular weight excluding hydrogens is 281 g/mol. The Kier molecular flexibility index (Phi) is 6.10. The van der Waals surface area contributed by atoms with E-state index in [1.54, 1.807) is 6.07 Å². The van der Waals surface area contributed by atoms with Gasteiger partial charge < -0.3 is 20.3 Å². The molecule has 1 atom stereocenters. The van der Waals surface area contributed by atoms with Crippen molar-refractivity contribution >= 4 is 11.9 Å². The first-order valence-electron chi connectivity index (χ1n) is 6.38. The number of nitrogens with one attached hydrogen (secondary N) is 1. The first kappa shape index (κ1) is 16.9. The van der Waals surface area contributed by atoms with Gasteiger partial charge in [0.15, 0.2) is 0 Å². The monoisotopic (exact) mass is 299 g/mol. The van der Waals surface area contributed by atoms with Crippen LogP contribution in [-0.2, 0) is 9.59 Å². The van der Waals surface area contributed by atoms with Gasteiger partial charge in [0.1, 0.15) is 11.6 Å². The van der Waals surface area contributed by atoms with Crippen molar-refractivity contribution in [1.29, 1.82) is 0 Å². The Morgan fingerprint density at radius 1 is 1.43 bits per heavy atom. The Labute approximate surface area is 121 Å². The Bertz CT molecular complexity index is 504. The topological polar surface area (TPSA) is 95.9 Å². The summed E-state index contributed by atoms with van der Waals surface area (Å²) in [5, 5.41) is 20.7. The molecule has 1 aromatic carbocycles. The summed E-state index contributed by atoms with van der Waals surface area (Å²) in [4.78, 5) is 22.0. The molecule has 21 heavy (non-hydrogen) atoms. The fourth-order valence-corrected chi connectivity index (χ4v) is 1.58. The number of ether oxygens (including phenoxy) is 1. The van der Waals surface area contributed by atoms with Crippen LogP contribution in [0.3, 0.4) is 0 Å². The molecule has 116 valence electrons. The fraction of sp³-hybridized carbons (Fsp3) is 0.429. The molecule has 0 saturated heterocycles. The normalized spacial score (nSPS) is 13.3. The standard InChI is InChI=1S/C14H18FNO5/c1-14(20,8-13(18)19)9-16-12(17)5-6-21-11-4-2-3-10(15)7-11/h2-4,7,20H,5-6,8-9H2,1H3,(H,16,17)(H,18,19). The lowest BCUT2D eigenvalue weighted by Crippen LogP contribution is -2.42. The second-order valence-electron chi connectivity index (χ2n) is 4.90. The molecule has 0 saturated carbocycles. The third kappa shape index (κ3) is 7.26. The summed E-state index contributed by atoms with van der Waals surface area (Å²) >= 11 is 0. The van der Waals surface area contributed by atoms with Crippen molar-refractivity contribution in [2.24, 2.45) is 0 Å². The van der Waals surface area contributed by atoms with Gasteiger partial charge in [0, 0.05) is 12.6 Å². The predicted octanol–water partition coefficient (Wildman–Crippen LogP) is 0.936. The van der Waals surface area contributed by atoms with E-state index < -0.39 is 29.7 Å². The lowest BCUT2D eigenvalue weighted by atomic mass is 10.0. The SMILES string of the molecule is CC(O)(CNC(=O)CCOc1cccc(F)c1)CC(=O)O. The Balaban J connectivity index is 2.27. The Morgan fingerprint density at radius 2 is 2.14 bits per heavy atom. The van der Waals surface area contributed by atoms with Crippen LogP contribution in [0.4, 0.5) is 4.39 Å². The maximum Gasteiger partial charge on any atom is 0.306 e. The number of halogens is 1. The molecule has 1 amide bonds. The van der Waals surface area contributed by atoms with Gasteiger partial charge in [-0.1, -0.05) is 6.07 Å². The number of carboxylic acids is 1. The highest BCUT2D eigenvalue weighted by molar-refractivity contribution is 5.76. The maximum absolute atomic E-state index is 12.9. The van der Waals surface area contributed by atoms with Crippen LogP contribution >= 0.6 is 0 Å². The van der Waals surface area contributed by atoms with E-state index in [0.717, 1.165) is 0 Å². The van der Waals surface area contributed by atoms with Crippen LogP contribution in [0.1, 0.15) is 19.8 Å². The third-order valence-electron chi connectivity index (χ3n) is 2.59. The minimum absolute atomic E-state index is 0.0136. The highest BCUT2D eigenvalue weighted by Crippen LogP contribution is 2.12. The van der Waals surface area contributed by atoms with Gasteiger partial charge in [-0.3, -0.25) is 9.59 Å². The number of aliphatic hydroxyl groups is 1. The van der Waals surface area contributed by atoms with E-state index in [1.165, 1.54) is 25.1 Å². The molecule has 1 rings (SSSR count). The Morgan fingerprint density at radius 3 is 2.76 bits per heavy atom. The van der Waals surface area contributed by atoms with E-state index in [4.69, 9.17) is 9.84 Å². The molecule has 0 radical (unpaired) electrons. The van der Waals surface area contributed by atoms with Crippen LogP contribution in [-0.4, -0.2) is 40.8 Å². The van der Waals surface area contributed by atoms with Gasteiger partial charge in [-0.25, -0.2) is 4.39 Å². The largest absolute Gasteiger partial charge is 0.493 e. The minimum Gasteiger partial charge on any atom is -0.493 e. The number of carbonyl (C=O) groups is 2. The summed E-state index contributed by atoms with van der Waals surface area (Å²) in [6.07, 6.45) is -0.452. The summed E-state index contributed by atoms with van der Waals surface area (Å²) < 4.78 is 18.1. The molecule has 0 spiro atoms. The zero-order valence-corrected chi connectivity index (χ0v) is 11.6. The molecule has 7 heteroatoms. The number of carbonyl (C=O) groups excluding carboxylic acids is 1. The maximum atomic E-state index is 12.9. The average molecular weight is 299 g/mol. The molecular formula is C14H18FNO5. The van der Waals surface area contributed by atoms with Crippen molar-refractivity contribution in [3.05, 3.63) is 30.1 Å². The number of rotatable bonds is 8.